The van der Waals surface area contributed by atoms with Gasteiger partial charge in [-0.05, 0) is 68.1 Å². The van der Waals surface area contributed by atoms with E-state index in [9.17, 15) is 4.79 Å². The van der Waals surface area contributed by atoms with Crippen LogP contribution in [0.1, 0.15) is 42.1 Å². The number of hydrogen-bond acceptors (Lipinski definition) is 7. The molecule has 1 aliphatic heterocycles. The first-order chi connectivity index (χ1) is 18.5. The molecule has 1 atom stereocenters. The maximum atomic E-state index is 13.9. The smallest absolute Gasteiger partial charge is 0.242 e. The predicted molar refractivity (Wildman–Crippen MR) is 146 cm³/mol. The third-order valence-electron chi connectivity index (χ3n) is 7.26. The molecule has 1 N–H and O–H groups in total. The minimum Gasteiger partial charge on any atom is -0.493 e. The summed E-state index contributed by atoms with van der Waals surface area (Å²) in [4.78, 5) is 20.7. The molecule has 198 valence electrons. The number of allylic oxidation sites excluding steroid dienone is 3. The summed E-state index contributed by atoms with van der Waals surface area (Å²) in [7, 11) is 1.61. The van der Waals surface area contributed by atoms with Crippen molar-refractivity contribution in [1.29, 1.82) is 0 Å². The maximum Gasteiger partial charge on any atom is 0.242 e. The molecule has 0 saturated carbocycles. The number of aryl methyl sites for hydroxylation is 2. The Bertz CT molecular complexity index is 1360. The van der Waals surface area contributed by atoms with Crippen LogP contribution >= 0.6 is 0 Å². The lowest BCUT2D eigenvalue weighted by Gasteiger charge is -2.28. The second-order valence-electron chi connectivity index (χ2n) is 9.84. The number of hydrogen-bond donors (Lipinski definition) is 1. The first kappa shape index (κ1) is 25.7. The molecule has 1 saturated heterocycles. The Morgan fingerprint density at radius 3 is 2.63 bits per heavy atom. The molecule has 0 spiro atoms. The number of amides is 1. The zero-order valence-corrected chi connectivity index (χ0v) is 22.2. The fraction of sp³-hybridized carbons (Fsp3) is 0.367. The van der Waals surface area contributed by atoms with Gasteiger partial charge in [0.15, 0.2) is 17.3 Å². The van der Waals surface area contributed by atoms with Crippen LogP contribution in [0, 0.1) is 13.8 Å². The van der Waals surface area contributed by atoms with Crippen molar-refractivity contribution < 1.29 is 18.8 Å². The second-order valence-corrected chi connectivity index (χ2v) is 9.84. The van der Waals surface area contributed by atoms with Crippen molar-refractivity contribution in [2.45, 2.75) is 38.5 Å². The number of methoxy groups -OCH3 is 1. The highest BCUT2D eigenvalue weighted by Crippen LogP contribution is 2.38. The summed E-state index contributed by atoms with van der Waals surface area (Å²) in [6, 6.07) is 13.6. The molecular formula is C30H34N4O4. The Balaban J connectivity index is 1.37. The molecule has 1 aliphatic carbocycles. The average molecular weight is 515 g/mol. The number of anilines is 1. The SMILES string of the molecule is COc1ccc(NC(=O)C2(c3noc(C)n3)C=CC(c3ccccc3C)=CC2)cc1OCCN1CCCC1. The third-order valence-corrected chi connectivity index (χ3v) is 7.26. The molecule has 0 bridgehead atoms. The van der Waals surface area contributed by atoms with E-state index < -0.39 is 5.41 Å². The number of nitrogens with zero attached hydrogens (tertiary/aromatic N) is 3. The van der Waals surface area contributed by atoms with E-state index in [1.165, 1.54) is 18.4 Å². The van der Waals surface area contributed by atoms with Crippen molar-refractivity contribution in [1.82, 2.24) is 15.0 Å². The number of aromatic nitrogens is 2. The molecule has 8 nitrogen and oxygen atoms in total. The minimum atomic E-state index is -1.11. The number of rotatable bonds is 9. The molecule has 8 heteroatoms. The maximum absolute atomic E-state index is 13.9. The van der Waals surface area contributed by atoms with E-state index in [0.29, 0.717) is 41.9 Å². The zero-order valence-electron chi connectivity index (χ0n) is 22.2. The summed E-state index contributed by atoms with van der Waals surface area (Å²) in [5.41, 5.74) is 2.86. The molecule has 1 amide bonds. The van der Waals surface area contributed by atoms with E-state index in [0.717, 1.165) is 30.8 Å². The average Bonchev–Trinajstić information content (AvgIpc) is 3.61. The standard InChI is InChI=1S/C30H34N4O4/c1-21-8-4-5-9-25(21)23-12-14-30(15-13-23,28-31-22(2)38-33-28)29(35)32-24-10-11-26(36-3)27(20-24)37-19-18-34-16-6-7-17-34/h4-5,8-14,20H,6-7,15-19H2,1-3H3,(H,32,35). The van der Waals surface area contributed by atoms with Crippen molar-refractivity contribution >= 4 is 17.2 Å². The van der Waals surface area contributed by atoms with Gasteiger partial charge in [-0.3, -0.25) is 9.69 Å². The van der Waals surface area contributed by atoms with E-state index in [-0.39, 0.29) is 5.91 Å². The van der Waals surface area contributed by atoms with Gasteiger partial charge in [-0.2, -0.15) is 4.98 Å². The molecule has 2 heterocycles. The Kier molecular flexibility index (Phi) is 7.60. The lowest BCUT2D eigenvalue weighted by Crippen LogP contribution is -2.40. The molecule has 2 aromatic carbocycles. The van der Waals surface area contributed by atoms with Gasteiger partial charge >= 0.3 is 0 Å². The number of carbonyl (C=O) groups is 1. The molecular weight excluding hydrogens is 480 g/mol. The molecule has 5 rings (SSSR count). The summed E-state index contributed by atoms with van der Waals surface area (Å²) >= 11 is 0. The predicted octanol–water partition coefficient (Wildman–Crippen LogP) is 5.09. The van der Waals surface area contributed by atoms with Gasteiger partial charge in [-0.15, -0.1) is 0 Å². The van der Waals surface area contributed by atoms with Crippen molar-refractivity contribution in [2.75, 3.05) is 38.7 Å². The Hall–Kier alpha value is -3.91. The minimum absolute atomic E-state index is 0.247. The molecule has 3 aromatic rings. The summed E-state index contributed by atoms with van der Waals surface area (Å²) < 4.78 is 16.8. The largest absolute Gasteiger partial charge is 0.493 e. The highest BCUT2D eigenvalue weighted by molar-refractivity contribution is 6.01. The molecule has 1 fully saturated rings. The second kappa shape index (κ2) is 11.2. The number of nitrogens with one attached hydrogen (secondary N) is 1. The van der Waals surface area contributed by atoms with Gasteiger partial charge in [0.25, 0.3) is 0 Å². The molecule has 0 radical (unpaired) electrons. The van der Waals surface area contributed by atoms with Gasteiger partial charge in [0, 0.05) is 25.2 Å². The Morgan fingerprint density at radius 1 is 1.13 bits per heavy atom. The van der Waals surface area contributed by atoms with Crippen LogP contribution in [0.2, 0.25) is 0 Å². The van der Waals surface area contributed by atoms with Crippen molar-refractivity contribution in [3.8, 4) is 11.5 Å². The normalized spacial score (nSPS) is 19.3. The van der Waals surface area contributed by atoms with E-state index >= 15 is 0 Å². The van der Waals surface area contributed by atoms with Gasteiger partial charge < -0.3 is 19.3 Å². The van der Waals surface area contributed by atoms with Crippen molar-refractivity contribution in [3.63, 3.8) is 0 Å². The van der Waals surface area contributed by atoms with Gasteiger partial charge in [0.2, 0.25) is 11.8 Å². The van der Waals surface area contributed by atoms with Crippen LogP contribution in [0.15, 0.2) is 65.2 Å². The van der Waals surface area contributed by atoms with Crippen LogP contribution < -0.4 is 14.8 Å². The van der Waals surface area contributed by atoms with Gasteiger partial charge in [-0.1, -0.05) is 47.7 Å². The highest BCUT2D eigenvalue weighted by atomic mass is 16.5. The van der Waals surface area contributed by atoms with Crippen molar-refractivity contribution in [3.05, 3.63) is 83.5 Å². The monoisotopic (exact) mass is 514 g/mol. The van der Waals surface area contributed by atoms with Gasteiger partial charge in [-0.25, -0.2) is 0 Å². The quantitative estimate of drug-likeness (QED) is 0.425. The fourth-order valence-corrected chi connectivity index (χ4v) is 5.05. The fourth-order valence-electron chi connectivity index (χ4n) is 5.05. The molecule has 38 heavy (non-hydrogen) atoms. The first-order valence-electron chi connectivity index (χ1n) is 13.1. The summed E-state index contributed by atoms with van der Waals surface area (Å²) in [6.07, 6.45) is 8.79. The lowest BCUT2D eigenvalue weighted by atomic mass is 9.77. The van der Waals surface area contributed by atoms with Crippen LogP contribution in [0.4, 0.5) is 5.69 Å². The molecule has 1 aromatic heterocycles. The summed E-state index contributed by atoms with van der Waals surface area (Å²) in [5.74, 6) is 1.71. The van der Waals surface area contributed by atoms with Crippen LogP contribution in [0.25, 0.3) is 5.57 Å². The van der Waals surface area contributed by atoms with Crippen molar-refractivity contribution in [2.24, 2.45) is 0 Å². The number of ether oxygens (including phenoxy) is 2. The third kappa shape index (κ3) is 5.36. The summed E-state index contributed by atoms with van der Waals surface area (Å²) in [6.45, 7) is 7.44. The zero-order chi connectivity index (χ0) is 26.5. The van der Waals surface area contributed by atoms with Crippen LogP contribution in [0.3, 0.4) is 0 Å². The topological polar surface area (TPSA) is 89.7 Å². The molecule has 2 aliphatic rings. The lowest BCUT2D eigenvalue weighted by molar-refractivity contribution is -0.120. The number of benzene rings is 2. The highest BCUT2D eigenvalue weighted by Gasteiger charge is 2.43. The van der Waals surface area contributed by atoms with E-state index in [1.54, 1.807) is 32.2 Å². The van der Waals surface area contributed by atoms with Crippen LogP contribution in [0.5, 0.6) is 11.5 Å². The first-order valence-corrected chi connectivity index (χ1v) is 13.1. The Labute approximate surface area is 223 Å². The van der Waals surface area contributed by atoms with E-state index in [1.807, 2.05) is 24.3 Å². The van der Waals surface area contributed by atoms with Gasteiger partial charge in [0.1, 0.15) is 12.0 Å². The van der Waals surface area contributed by atoms with Crippen LogP contribution in [-0.2, 0) is 10.2 Å². The van der Waals surface area contributed by atoms with Gasteiger partial charge in [0.05, 0.1) is 7.11 Å². The summed E-state index contributed by atoms with van der Waals surface area (Å²) in [5, 5.41) is 7.20. The molecule has 1 unspecified atom stereocenters. The number of carbonyl (C=O) groups excluding carboxylic acids is 1. The van der Waals surface area contributed by atoms with E-state index in [4.69, 9.17) is 14.0 Å². The Morgan fingerprint density at radius 2 is 1.95 bits per heavy atom. The van der Waals surface area contributed by atoms with Crippen LogP contribution in [-0.4, -0.2) is 54.3 Å². The van der Waals surface area contributed by atoms with E-state index in [2.05, 4.69) is 45.5 Å². The number of likely N-dealkylation sites (tertiary alicyclic amines) is 1.